The van der Waals surface area contributed by atoms with Gasteiger partial charge in [0.05, 0.1) is 14.2 Å². The normalized spacial score (nSPS) is 10.9. The molecule has 0 fully saturated rings. The van der Waals surface area contributed by atoms with E-state index in [1.807, 2.05) is 6.07 Å². The number of methoxy groups -OCH3 is 2. The Morgan fingerprint density at radius 2 is 1.74 bits per heavy atom. The third kappa shape index (κ3) is 5.99. The molecular formula is C20H21F2NO4. The van der Waals surface area contributed by atoms with Crippen molar-refractivity contribution >= 4 is 12.0 Å². The van der Waals surface area contributed by atoms with Crippen LogP contribution >= 0.6 is 0 Å². The highest BCUT2D eigenvalue weighted by atomic mass is 19.3. The van der Waals surface area contributed by atoms with Gasteiger partial charge in [0, 0.05) is 19.7 Å². The van der Waals surface area contributed by atoms with Crippen molar-refractivity contribution in [2.45, 2.75) is 13.2 Å². The van der Waals surface area contributed by atoms with Gasteiger partial charge < -0.3 is 19.1 Å². The largest absolute Gasteiger partial charge is 0.493 e. The lowest BCUT2D eigenvalue weighted by molar-refractivity contribution is -0.125. The van der Waals surface area contributed by atoms with Gasteiger partial charge in [-0.3, -0.25) is 4.79 Å². The lowest BCUT2D eigenvalue weighted by Gasteiger charge is -2.15. The summed E-state index contributed by atoms with van der Waals surface area (Å²) in [4.78, 5) is 13.8. The van der Waals surface area contributed by atoms with Crippen LogP contribution in [-0.4, -0.2) is 38.7 Å². The molecule has 0 saturated carbocycles. The summed E-state index contributed by atoms with van der Waals surface area (Å²) >= 11 is 0. The number of benzene rings is 2. The Kier molecular flexibility index (Phi) is 7.16. The van der Waals surface area contributed by atoms with Crippen molar-refractivity contribution in [3.8, 4) is 17.2 Å². The average molecular weight is 377 g/mol. The summed E-state index contributed by atoms with van der Waals surface area (Å²) in [5.74, 6) is 1.07. The van der Waals surface area contributed by atoms with Crippen molar-refractivity contribution in [2.75, 3.05) is 21.3 Å². The minimum atomic E-state index is -2.86. The van der Waals surface area contributed by atoms with Crippen LogP contribution in [0.5, 0.6) is 17.2 Å². The minimum absolute atomic E-state index is 0.0797. The molecule has 27 heavy (non-hydrogen) atoms. The molecule has 2 aromatic rings. The fraction of sp³-hybridized carbons (Fsp3) is 0.250. The lowest BCUT2D eigenvalue weighted by Crippen LogP contribution is -2.24. The van der Waals surface area contributed by atoms with Crippen LogP contribution in [0.2, 0.25) is 0 Å². The van der Waals surface area contributed by atoms with Gasteiger partial charge in [0.2, 0.25) is 5.91 Å². The zero-order valence-corrected chi connectivity index (χ0v) is 15.3. The van der Waals surface area contributed by atoms with E-state index in [0.29, 0.717) is 18.0 Å². The van der Waals surface area contributed by atoms with Crippen LogP contribution in [0.15, 0.2) is 48.5 Å². The first-order chi connectivity index (χ1) is 12.9. The molecule has 144 valence electrons. The van der Waals surface area contributed by atoms with E-state index >= 15 is 0 Å². The predicted molar refractivity (Wildman–Crippen MR) is 98.1 cm³/mol. The maximum absolute atomic E-state index is 12.3. The van der Waals surface area contributed by atoms with Crippen LogP contribution < -0.4 is 14.2 Å². The molecule has 0 aliphatic heterocycles. The van der Waals surface area contributed by atoms with E-state index in [4.69, 9.17) is 9.47 Å². The molecule has 0 N–H and O–H groups in total. The van der Waals surface area contributed by atoms with Gasteiger partial charge in [-0.2, -0.15) is 8.78 Å². The highest BCUT2D eigenvalue weighted by molar-refractivity contribution is 5.91. The first-order valence-corrected chi connectivity index (χ1v) is 8.12. The summed E-state index contributed by atoms with van der Waals surface area (Å²) in [5, 5.41) is 0. The number of nitrogens with zero attached hydrogens (tertiary/aromatic N) is 1. The molecule has 0 unspecified atom stereocenters. The monoisotopic (exact) mass is 377 g/mol. The average Bonchev–Trinajstić information content (AvgIpc) is 2.66. The number of alkyl halides is 2. The molecular weight excluding hydrogens is 356 g/mol. The summed E-state index contributed by atoms with van der Waals surface area (Å²) in [6, 6.07) is 11.5. The van der Waals surface area contributed by atoms with E-state index in [1.165, 1.54) is 23.1 Å². The topological polar surface area (TPSA) is 48.0 Å². The third-order valence-corrected chi connectivity index (χ3v) is 3.77. The second-order valence-electron chi connectivity index (χ2n) is 5.66. The molecule has 0 aliphatic rings. The van der Waals surface area contributed by atoms with Crippen LogP contribution in [0.25, 0.3) is 6.08 Å². The molecule has 0 heterocycles. The molecule has 2 rings (SSSR count). The molecule has 0 bridgehead atoms. The van der Waals surface area contributed by atoms with Crippen molar-refractivity contribution < 1.29 is 27.8 Å². The lowest BCUT2D eigenvalue weighted by atomic mass is 10.1. The van der Waals surface area contributed by atoms with Crippen molar-refractivity contribution in [1.29, 1.82) is 0 Å². The predicted octanol–water partition coefficient (Wildman–Crippen LogP) is 3.98. The van der Waals surface area contributed by atoms with Gasteiger partial charge in [0.25, 0.3) is 0 Å². The fourth-order valence-corrected chi connectivity index (χ4v) is 2.38. The van der Waals surface area contributed by atoms with Crippen LogP contribution in [0, 0.1) is 0 Å². The summed E-state index contributed by atoms with van der Waals surface area (Å²) in [6.07, 6.45) is 3.13. The molecule has 0 aromatic heterocycles. The summed E-state index contributed by atoms with van der Waals surface area (Å²) in [5.41, 5.74) is 1.59. The molecule has 2 aromatic carbocycles. The molecule has 0 aliphatic carbocycles. The molecule has 0 atom stereocenters. The minimum Gasteiger partial charge on any atom is -0.493 e. The van der Waals surface area contributed by atoms with Crippen molar-refractivity contribution in [1.82, 2.24) is 4.90 Å². The second kappa shape index (κ2) is 9.56. The van der Waals surface area contributed by atoms with E-state index in [9.17, 15) is 13.6 Å². The number of halogens is 2. The van der Waals surface area contributed by atoms with Crippen LogP contribution in [0.1, 0.15) is 11.1 Å². The second-order valence-corrected chi connectivity index (χ2v) is 5.66. The number of amides is 1. The van der Waals surface area contributed by atoms with Gasteiger partial charge in [-0.25, -0.2) is 0 Å². The standard InChI is InChI=1S/C20H21F2NO4/c1-23(13-15-4-8-16(9-5-15)27-20(21)22)19(24)11-7-14-6-10-17(25-2)18(12-14)26-3/h4-12,20H,13H2,1-3H3/b11-7+. The van der Waals surface area contributed by atoms with E-state index in [-0.39, 0.29) is 11.7 Å². The van der Waals surface area contributed by atoms with Crippen LogP contribution in [0.4, 0.5) is 8.78 Å². The third-order valence-electron chi connectivity index (χ3n) is 3.77. The van der Waals surface area contributed by atoms with Gasteiger partial charge in [-0.1, -0.05) is 18.2 Å². The number of carbonyl (C=O) groups is 1. The zero-order chi connectivity index (χ0) is 19.8. The van der Waals surface area contributed by atoms with Gasteiger partial charge in [-0.05, 0) is 41.5 Å². The van der Waals surface area contributed by atoms with E-state index < -0.39 is 6.61 Å². The number of likely N-dealkylation sites (N-methyl/N-ethyl adjacent to an activating group) is 1. The van der Waals surface area contributed by atoms with Crippen LogP contribution in [0.3, 0.4) is 0 Å². The number of hydrogen-bond acceptors (Lipinski definition) is 4. The van der Waals surface area contributed by atoms with E-state index in [2.05, 4.69) is 4.74 Å². The number of rotatable bonds is 8. The molecule has 1 amide bonds. The highest BCUT2D eigenvalue weighted by Crippen LogP contribution is 2.28. The Morgan fingerprint density at radius 3 is 2.33 bits per heavy atom. The quantitative estimate of drug-likeness (QED) is 0.653. The number of carbonyl (C=O) groups excluding carboxylic acids is 1. The van der Waals surface area contributed by atoms with E-state index in [1.54, 1.807) is 51.6 Å². The number of ether oxygens (including phenoxy) is 3. The SMILES string of the molecule is COc1ccc(/C=C/C(=O)N(C)Cc2ccc(OC(F)F)cc2)cc1OC. The smallest absolute Gasteiger partial charge is 0.387 e. The first kappa shape index (κ1) is 20.2. The Bertz CT molecular complexity index is 791. The summed E-state index contributed by atoms with van der Waals surface area (Å²) in [6.45, 7) is -2.52. The van der Waals surface area contributed by atoms with E-state index in [0.717, 1.165) is 11.1 Å². The maximum atomic E-state index is 12.3. The highest BCUT2D eigenvalue weighted by Gasteiger charge is 2.08. The Labute approximate surface area is 156 Å². The van der Waals surface area contributed by atoms with Crippen molar-refractivity contribution in [3.63, 3.8) is 0 Å². The Hall–Kier alpha value is -3.09. The Balaban J connectivity index is 1.97. The first-order valence-electron chi connectivity index (χ1n) is 8.12. The van der Waals surface area contributed by atoms with Crippen LogP contribution in [-0.2, 0) is 11.3 Å². The zero-order valence-electron chi connectivity index (χ0n) is 15.3. The molecule has 0 saturated heterocycles. The van der Waals surface area contributed by atoms with Gasteiger partial charge in [-0.15, -0.1) is 0 Å². The molecule has 0 radical (unpaired) electrons. The summed E-state index contributed by atoms with van der Waals surface area (Å²) < 4.78 is 39.0. The maximum Gasteiger partial charge on any atom is 0.387 e. The van der Waals surface area contributed by atoms with Crippen molar-refractivity contribution in [2.24, 2.45) is 0 Å². The molecule has 0 spiro atoms. The number of hydrogen-bond donors (Lipinski definition) is 0. The van der Waals surface area contributed by atoms with Crippen molar-refractivity contribution in [3.05, 3.63) is 59.7 Å². The fourth-order valence-electron chi connectivity index (χ4n) is 2.38. The molecule has 5 nitrogen and oxygen atoms in total. The molecule has 7 heteroatoms. The van der Waals surface area contributed by atoms with Gasteiger partial charge >= 0.3 is 6.61 Å². The Morgan fingerprint density at radius 1 is 1.07 bits per heavy atom. The van der Waals surface area contributed by atoms with Gasteiger partial charge in [0.1, 0.15) is 5.75 Å². The van der Waals surface area contributed by atoms with Gasteiger partial charge in [0.15, 0.2) is 11.5 Å². The summed E-state index contributed by atoms with van der Waals surface area (Å²) in [7, 11) is 4.75.